The first kappa shape index (κ1) is 18.9. The van der Waals surface area contributed by atoms with Gasteiger partial charge in [0.2, 0.25) is 5.91 Å². The van der Waals surface area contributed by atoms with E-state index >= 15 is 0 Å². The lowest BCUT2D eigenvalue weighted by Gasteiger charge is -2.30. The molecule has 1 aromatic carbocycles. The van der Waals surface area contributed by atoms with Crippen molar-refractivity contribution in [2.75, 3.05) is 13.1 Å². The first-order chi connectivity index (χ1) is 11.1. The lowest BCUT2D eigenvalue weighted by atomic mass is 9.89. The Bertz CT molecular complexity index is 595. The zero-order chi connectivity index (χ0) is 16.2. The van der Waals surface area contributed by atoms with Gasteiger partial charge in [-0.3, -0.25) is 9.59 Å². The molecule has 1 aromatic rings. The normalized spacial score (nSPS) is 17.8. The third-order valence-corrected chi connectivity index (χ3v) is 5.13. The lowest BCUT2D eigenvalue weighted by molar-refractivity contribution is -0.132. The summed E-state index contributed by atoms with van der Waals surface area (Å²) in [6, 6.07) is 6.28. The molecule has 1 aliphatic carbocycles. The summed E-state index contributed by atoms with van der Waals surface area (Å²) in [6.07, 6.45) is 7.00. The third-order valence-electron chi connectivity index (χ3n) is 5.13. The quantitative estimate of drug-likeness (QED) is 0.849. The molecule has 24 heavy (non-hydrogen) atoms. The second kappa shape index (κ2) is 8.63. The third kappa shape index (κ3) is 4.58. The molecule has 5 heteroatoms. The molecule has 2 N–H and O–H groups in total. The Morgan fingerprint density at radius 1 is 1.04 bits per heavy atom. The van der Waals surface area contributed by atoms with E-state index in [0.717, 1.165) is 44.3 Å². The SMILES string of the molecule is Cl.NC1CCN(C(=O)CCC(=O)c2ccc3c(c2)CCCC3)CC1. The van der Waals surface area contributed by atoms with Crippen molar-refractivity contribution in [3.63, 3.8) is 0 Å². The molecule has 4 nitrogen and oxygen atoms in total. The summed E-state index contributed by atoms with van der Waals surface area (Å²) in [7, 11) is 0. The minimum atomic E-state index is 0. The number of hydrogen-bond donors (Lipinski definition) is 1. The summed E-state index contributed by atoms with van der Waals surface area (Å²) < 4.78 is 0. The van der Waals surface area contributed by atoms with Crippen LogP contribution in [0.2, 0.25) is 0 Å². The van der Waals surface area contributed by atoms with E-state index in [1.165, 1.54) is 24.0 Å². The minimum absolute atomic E-state index is 0. The molecule has 132 valence electrons. The van der Waals surface area contributed by atoms with Crippen LogP contribution in [0.25, 0.3) is 0 Å². The van der Waals surface area contributed by atoms with Crippen molar-refractivity contribution in [3.8, 4) is 0 Å². The van der Waals surface area contributed by atoms with Crippen LogP contribution in [0.4, 0.5) is 0 Å². The molecular weight excluding hydrogens is 324 g/mol. The lowest BCUT2D eigenvalue weighted by Crippen LogP contribution is -2.42. The molecule has 0 atom stereocenters. The highest BCUT2D eigenvalue weighted by Crippen LogP contribution is 2.23. The molecule has 2 aliphatic rings. The van der Waals surface area contributed by atoms with Gasteiger partial charge < -0.3 is 10.6 Å². The van der Waals surface area contributed by atoms with Gasteiger partial charge in [0.15, 0.2) is 5.78 Å². The van der Waals surface area contributed by atoms with E-state index in [-0.39, 0.29) is 30.1 Å². The van der Waals surface area contributed by atoms with Crippen LogP contribution in [0.1, 0.15) is 60.0 Å². The number of nitrogens with zero attached hydrogens (tertiary/aromatic N) is 1. The van der Waals surface area contributed by atoms with Crippen LogP contribution >= 0.6 is 12.4 Å². The molecule has 0 spiro atoms. The zero-order valence-corrected chi connectivity index (χ0v) is 14.9. The fourth-order valence-corrected chi connectivity index (χ4v) is 3.58. The Labute approximate surface area is 150 Å². The molecule has 0 aromatic heterocycles. The molecule has 0 saturated carbocycles. The molecule has 1 aliphatic heterocycles. The van der Waals surface area contributed by atoms with Crippen LogP contribution in [0.15, 0.2) is 18.2 Å². The van der Waals surface area contributed by atoms with Crippen molar-refractivity contribution < 1.29 is 9.59 Å². The molecule has 0 unspecified atom stereocenters. The fourth-order valence-electron chi connectivity index (χ4n) is 3.58. The number of hydrogen-bond acceptors (Lipinski definition) is 3. The summed E-state index contributed by atoms with van der Waals surface area (Å²) in [4.78, 5) is 26.4. The van der Waals surface area contributed by atoms with Gasteiger partial charge in [-0.25, -0.2) is 0 Å². The highest BCUT2D eigenvalue weighted by atomic mass is 35.5. The molecule has 1 amide bonds. The van der Waals surface area contributed by atoms with Crippen molar-refractivity contribution >= 4 is 24.1 Å². The summed E-state index contributed by atoms with van der Waals surface area (Å²) in [5, 5.41) is 0. The molecule has 1 saturated heterocycles. The number of carbonyl (C=O) groups excluding carboxylic acids is 2. The predicted octanol–water partition coefficient (Wildman–Crippen LogP) is 2.90. The van der Waals surface area contributed by atoms with Gasteiger partial charge in [0.05, 0.1) is 0 Å². The molecule has 3 rings (SSSR count). The molecule has 0 radical (unpaired) electrons. The number of Topliss-reactive ketones (excluding diaryl/α,β-unsaturated/α-hetero) is 1. The van der Waals surface area contributed by atoms with Gasteiger partial charge in [0.1, 0.15) is 0 Å². The topological polar surface area (TPSA) is 63.4 Å². The number of carbonyl (C=O) groups is 2. The number of rotatable bonds is 4. The minimum Gasteiger partial charge on any atom is -0.343 e. The monoisotopic (exact) mass is 350 g/mol. The number of likely N-dealkylation sites (tertiary alicyclic amines) is 1. The Kier molecular flexibility index (Phi) is 6.81. The van der Waals surface area contributed by atoms with Crippen LogP contribution in [0, 0.1) is 0 Å². The average Bonchev–Trinajstić information content (AvgIpc) is 2.59. The Balaban J connectivity index is 0.00000208. The largest absolute Gasteiger partial charge is 0.343 e. The van der Waals surface area contributed by atoms with E-state index in [2.05, 4.69) is 6.07 Å². The Morgan fingerprint density at radius 3 is 2.42 bits per heavy atom. The maximum atomic E-state index is 12.4. The van der Waals surface area contributed by atoms with E-state index in [1.807, 2.05) is 17.0 Å². The second-order valence-electron chi connectivity index (χ2n) is 6.83. The Hall–Kier alpha value is -1.39. The van der Waals surface area contributed by atoms with E-state index in [1.54, 1.807) is 0 Å². The maximum Gasteiger partial charge on any atom is 0.223 e. The van der Waals surface area contributed by atoms with E-state index in [4.69, 9.17) is 5.73 Å². The average molecular weight is 351 g/mol. The van der Waals surface area contributed by atoms with Gasteiger partial charge in [-0.15, -0.1) is 12.4 Å². The number of fused-ring (bicyclic) bond motifs is 1. The number of amides is 1. The van der Waals surface area contributed by atoms with E-state index < -0.39 is 0 Å². The van der Waals surface area contributed by atoms with Gasteiger partial charge in [0.25, 0.3) is 0 Å². The molecule has 0 bridgehead atoms. The molecular formula is C19H27ClN2O2. The van der Waals surface area contributed by atoms with Crippen LogP contribution in [-0.2, 0) is 17.6 Å². The number of ketones is 1. The summed E-state index contributed by atoms with van der Waals surface area (Å²) >= 11 is 0. The van der Waals surface area contributed by atoms with Crippen LogP contribution in [0.3, 0.4) is 0 Å². The van der Waals surface area contributed by atoms with Crippen molar-refractivity contribution in [3.05, 3.63) is 34.9 Å². The van der Waals surface area contributed by atoms with Crippen LogP contribution in [-0.4, -0.2) is 35.7 Å². The van der Waals surface area contributed by atoms with Crippen molar-refractivity contribution in [1.29, 1.82) is 0 Å². The number of piperidine rings is 1. The fraction of sp³-hybridized carbons (Fsp3) is 0.579. The van der Waals surface area contributed by atoms with Crippen molar-refractivity contribution in [2.24, 2.45) is 5.73 Å². The van der Waals surface area contributed by atoms with E-state index in [0.29, 0.717) is 12.8 Å². The predicted molar refractivity (Wildman–Crippen MR) is 97.7 cm³/mol. The van der Waals surface area contributed by atoms with Crippen molar-refractivity contribution in [1.82, 2.24) is 4.90 Å². The van der Waals surface area contributed by atoms with E-state index in [9.17, 15) is 9.59 Å². The summed E-state index contributed by atoms with van der Waals surface area (Å²) in [5.74, 6) is 0.170. The standard InChI is InChI=1S/C19H26N2O2.ClH/c20-17-9-11-21(12-10-17)19(23)8-7-18(22)16-6-5-14-3-1-2-4-15(14)13-16;/h5-6,13,17H,1-4,7-12,20H2;1H. The Morgan fingerprint density at radius 2 is 1.71 bits per heavy atom. The smallest absolute Gasteiger partial charge is 0.223 e. The van der Waals surface area contributed by atoms with Gasteiger partial charge in [-0.2, -0.15) is 0 Å². The number of aryl methyl sites for hydroxylation is 2. The summed E-state index contributed by atoms with van der Waals surface area (Å²) in [6.45, 7) is 1.46. The highest BCUT2D eigenvalue weighted by Gasteiger charge is 2.21. The van der Waals surface area contributed by atoms with Gasteiger partial charge in [0, 0.05) is 37.5 Å². The number of halogens is 1. The first-order valence-corrected chi connectivity index (χ1v) is 8.82. The van der Waals surface area contributed by atoms with Gasteiger partial charge in [-0.1, -0.05) is 12.1 Å². The number of nitrogens with two attached hydrogens (primary N) is 1. The van der Waals surface area contributed by atoms with Crippen LogP contribution < -0.4 is 5.73 Å². The van der Waals surface area contributed by atoms with Gasteiger partial charge >= 0.3 is 0 Å². The maximum absolute atomic E-state index is 12.4. The highest BCUT2D eigenvalue weighted by molar-refractivity contribution is 5.98. The van der Waals surface area contributed by atoms with Crippen molar-refractivity contribution in [2.45, 2.75) is 57.4 Å². The van der Waals surface area contributed by atoms with Gasteiger partial charge in [-0.05, 0) is 55.7 Å². The first-order valence-electron chi connectivity index (χ1n) is 8.82. The zero-order valence-electron chi connectivity index (χ0n) is 14.1. The second-order valence-corrected chi connectivity index (χ2v) is 6.83. The molecule has 1 fully saturated rings. The summed E-state index contributed by atoms with van der Waals surface area (Å²) in [5.41, 5.74) is 9.32. The number of benzene rings is 1. The molecule has 1 heterocycles. The van der Waals surface area contributed by atoms with Crippen LogP contribution in [0.5, 0.6) is 0 Å².